The van der Waals surface area contributed by atoms with Crippen LogP contribution in [0.1, 0.15) is 83.8 Å². The molecule has 0 radical (unpaired) electrons. The van der Waals surface area contributed by atoms with E-state index in [1.54, 1.807) is 32.0 Å². The third kappa shape index (κ3) is 6.58. The van der Waals surface area contributed by atoms with Crippen LogP contribution >= 0.6 is 0 Å². The topological polar surface area (TPSA) is 107 Å². The summed E-state index contributed by atoms with van der Waals surface area (Å²) in [4.78, 5) is 45.6. The molecule has 1 aliphatic carbocycles. The first-order valence-corrected chi connectivity index (χ1v) is 16.0. The number of aryl methyl sites for hydroxylation is 1. The molecule has 6 atom stereocenters. The van der Waals surface area contributed by atoms with Gasteiger partial charge in [-0.2, -0.15) is 0 Å². The molecule has 3 aliphatic rings. The number of alkyl halides is 2. The largest absolute Gasteiger partial charge is 0.497 e. The highest BCUT2D eigenvalue weighted by Crippen LogP contribution is 2.45. The van der Waals surface area contributed by atoms with E-state index in [4.69, 9.17) is 14.2 Å². The lowest BCUT2D eigenvalue weighted by Gasteiger charge is -2.35. The van der Waals surface area contributed by atoms with Crippen molar-refractivity contribution in [3.63, 3.8) is 0 Å². The van der Waals surface area contributed by atoms with E-state index in [1.165, 1.54) is 12.0 Å². The number of pyridine rings is 1. The van der Waals surface area contributed by atoms with Gasteiger partial charge in [0.1, 0.15) is 30.3 Å². The normalized spacial score (nSPS) is 29.5. The van der Waals surface area contributed by atoms with Crippen LogP contribution in [0.4, 0.5) is 13.6 Å². The van der Waals surface area contributed by atoms with Gasteiger partial charge in [-0.1, -0.05) is 34.1 Å². The van der Waals surface area contributed by atoms with E-state index >= 15 is 8.78 Å². The minimum atomic E-state index is -3.25. The average molecular weight is 630 g/mol. The first-order chi connectivity index (χ1) is 21.2. The maximum atomic E-state index is 16.3. The second kappa shape index (κ2) is 12.7. The number of fused-ring (bicyclic) bond motifs is 5. The van der Waals surface area contributed by atoms with Crippen LogP contribution in [0.15, 0.2) is 18.2 Å². The Balaban J connectivity index is 1.59. The number of aromatic nitrogens is 1. The van der Waals surface area contributed by atoms with Gasteiger partial charge >= 0.3 is 6.09 Å². The zero-order valence-corrected chi connectivity index (χ0v) is 27.0. The van der Waals surface area contributed by atoms with Crippen molar-refractivity contribution in [1.29, 1.82) is 0 Å². The number of aldehydes is 1. The molecule has 2 bridgehead atoms. The number of carbonyl (C=O) groups excluding carboxylic acids is 3. The number of benzene rings is 1. The fourth-order valence-corrected chi connectivity index (χ4v) is 7.20. The fraction of sp³-hybridized carbons (Fsp3) is 0.647. The number of ether oxygens (including phenoxy) is 3. The molecule has 1 aromatic carbocycles. The molecule has 5 rings (SSSR count). The Bertz CT molecular complexity index is 1440. The molecular weight excluding hydrogens is 584 g/mol. The number of nitrogens with one attached hydrogen (secondary N) is 1. The molecule has 0 unspecified atom stereocenters. The van der Waals surface area contributed by atoms with Crippen LogP contribution in [0.3, 0.4) is 0 Å². The molecule has 1 saturated heterocycles. The maximum absolute atomic E-state index is 16.3. The van der Waals surface area contributed by atoms with Crippen LogP contribution < -0.4 is 14.8 Å². The zero-order chi connectivity index (χ0) is 32.7. The molecule has 9 nitrogen and oxygen atoms in total. The van der Waals surface area contributed by atoms with Crippen LogP contribution in [-0.4, -0.2) is 66.1 Å². The molecule has 0 spiro atoms. The monoisotopic (exact) mass is 629 g/mol. The van der Waals surface area contributed by atoms with Gasteiger partial charge in [0.15, 0.2) is 0 Å². The van der Waals surface area contributed by atoms with Gasteiger partial charge in [-0.3, -0.25) is 4.79 Å². The number of hydrogen-bond acceptors (Lipinski definition) is 7. The van der Waals surface area contributed by atoms with Crippen LogP contribution in [0.5, 0.6) is 11.6 Å². The summed E-state index contributed by atoms with van der Waals surface area (Å²) in [5, 5.41) is 3.36. The fourth-order valence-electron chi connectivity index (χ4n) is 7.20. The first-order valence-electron chi connectivity index (χ1n) is 16.0. The number of carbonyl (C=O) groups is 3. The molecule has 2 aromatic rings. The van der Waals surface area contributed by atoms with Crippen molar-refractivity contribution in [2.24, 2.45) is 17.3 Å². The second-order valence-electron chi connectivity index (χ2n) is 14.0. The van der Waals surface area contributed by atoms with E-state index in [0.717, 1.165) is 12.8 Å². The number of nitrogens with zero attached hydrogens (tertiary/aromatic N) is 2. The SMILES string of the molecule is COc1ccc2c(C)c3c(nc2c1)O[C@H]1CN(C(=O)[C@H](C(C)(C)C)NC(=O)O[C@@H]2CCC[C@H]2CCCCC3(F)F)[C@H](C=O)[C@@H]1C. The predicted molar refractivity (Wildman–Crippen MR) is 165 cm³/mol. The number of halogens is 2. The van der Waals surface area contributed by atoms with E-state index in [1.807, 2.05) is 20.8 Å². The van der Waals surface area contributed by atoms with Crippen molar-refractivity contribution >= 4 is 29.2 Å². The Morgan fingerprint density at radius 2 is 1.82 bits per heavy atom. The minimum absolute atomic E-state index is 0.0424. The van der Waals surface area contributed by atoms with E-state index in [0.29, 0.717) is 47.8 Å². The molecule has 1 saturated carbocycles. The van der Waals surface area contributed by atoms with Crippen molar-refractivity contribution in [2.45, 2.75) is 110 Å². The maximum Gasteiger partial charge on any atom is 0.408 e. The molecule has 2 fully saturated rings. The number of hydrogen-bond donors (Lipinski definition) is 1. The standard InChI is InChI=1S/C34H45F2N3O6/c1-19-23-14-13-22(43-6)16-24(23)37-30-28(19)34(35,36)15-8-7-10-21-11-9-12-26(21)45-32(42)38-29(33(3,4)5)31(41)39-17-27(44-30)20(2)25(39)18-40/h13-14,16,18,20-21,25-27,29H,7-12,15,17H2,1-6H3,(H,38,42)/t20-,21+,25+,26+,27-,29+/m0/s1. The zero-order valence-electron chi connectivity index (χ0n) is 27.0. The summed E-state index contributed by atoms with van der Waals surface area (Å²) in [7, 11) is 1.52. The van der Waals surface area contributed by atoms with Crippen molar-refractivity contribution < 1.29 is 37.4 Å². The highest BCUT2D eigenvalue weighted by molar-refractivity contribution is 5.89. The lowest BCUT2D eigenvalue weighted by molar-refractivity contribution is -0.139. The average Bonchev–Trinajstić information content (AvgIpc) is 3.55. The molecule has 3 heterocycles. The van der Waals surface area contributed by atoms with Gasteiger partial charge in [0.2, 0.25) is 11.8 Å². The summed E-state index contributed by atoms with van der Waals surface area (Å²) in [5.74, 6) is -3.88. The Kier molecular flexibility index (Phi) is 9.29. The molecule has 11 heteroatoms. The lowest BCUT2D eigenvalue weighted by atomic mass is 9.85. The smallest absolute Gasteiger partial charge is 0.408 e. The number of alkyl carbamates (subject to hydrolysis) is 1. The van der Waals surface area contributed by atoms with Gasteiger partial charge in [-0.05, 0) is 68.1 Å². The molecule has 2 amide bonds. The Morgan fingerprint density at radius 3 is 2.51 bits per heavy atom. The number of amides is 2. The number of methoxy groups -OCH3 is 1. The second-order valence-corrected chi connectivity index (χ2v) is 14.0. The van der Waals surface area contributed by atoms with Crippen LogP contribution in [-0.2, 0) is 20.2 Å². The summed E-state index contributed by atoms with van der Waals surface area (Å²) in [6.07, 6.45) is 2.32. The molecule has 45 heavy (non-hydrogen) atoms. The predicted octanol–water partition coefficient (Wildman–Crippen LogP) is 6.32. The van der Waals surface area contributed by atoms with Gasteiger partial charge in [-0.25, -0.2) is 18.6 Å². The molecule has 2 aliphatic heterocycles. The van der Waals surface area contributed by atoms with Crippen LogP contribution in [0.2, 0.25) is 0 Å². The van der Waals surface area contributed by atoms with Gasteiger partial charge in [0.25, 0.3) is 5.92 Å². The van der Waals surface area contributed by atoms with Crippen molar-refractivity contribution in [1.82, 2.24) is 15.2 Å². The third-order valence-corrected chi connectivity index (χ3v) is 9.87. The molecule has 1 aromatic heterocycles. The molecular formula is C34H45F2N3O6. The van der Waals surface area contributed by atoms with Crippen molar-refractivity contribution in [3.05, 3.63) is 29.3 Å². The van der Waals surface area contributed by atoms with Gasteiger partial charge in [-0.15, -0.1) is 0 Å². The van der Waals surface area contributed by atoms with Gasteiger partial charge < -0.3 is 29.2 Å². The van der Waals surface area contributed by atoms with E-state index in [2.05, 4.69) is 10.3 Å². The van der Waals surface area contributed by atoms with E-state index in [9.17, 15) is 14.4 Å². The summed E-state index contributed by atoms with van der Waals surface area (Å²) < 4.78 is 50.0. The number of rotatable bonds is 2. The minimum Gasteiger partial charge on any atom is -0.497 e. The Labute approximate surface area is 263 Å². The Morgan fingerprint density at radius 1 is 1.09 bits per heavy atom. The summed E-state index contributed by atoms with van der Waals surface area (Å²) in [5.41, 5.74) is -0.186. The molecule has 1 N–H and O–H groups in total. The summed E-state index contributed by atoms with van der Waals surface area (Å²) in [6.45, 7) is 8.84. The van der Waals surface area contributed by atoms with Crippen LogP contribution in [0, 0.1) is 24.2 Å². The van der Waals surface area contributed by atoms with Crippen molar-refractivity contribution in [2.75, 3.05) is 13.7 Å². The summed E-state index contributed by atoms with van der Waals surface area (Å²) >= 11 is 0. The van der Waals surface area contributed by atoms with Crippen LogP contribution in [0.25, 0.3) is 10.9 Å². The van der Waals surface area contributed by atoms with E-state index < -0.39 is 53.9 Å². The van der Waals surface area contributed by atoms with Gasteiger partial charge in [0, 0.05) is 23.8 Å². The molecule has 246 valence electrons. The van der Waals surface area contributed by atoms with Crippen molar-refractivity contribution in [3.8, 4) is 11.6 Å². The lowest BCUT2D eigenvalue weighted by Crippen LogP contribution is -2.56. The Hall–Kier alpha value is -3.50. The first kappa shape index (κ1) is 32.9. The van der Waals surface area contributed by atoms with Gasteiger partial charge in [0.05, 0.1) is 30.8 Å². The highest BCUT2D eigenvalue weighted by Gasteiger charge is 2.48. The quantitative estimate of drug-likeness (QED) is 0.388. The third-order valence-electron chi connectivity index (χ3n) is 9.87. The highest BCUT2D eigenvalue weighted by atomic mass is 19.3. The summed E-state index contributed by atoms with van der Waals surface area (Å²) in [6, 6.07) is 3.22. The van der Waals surface area contributed by atoms with E-state index in [-0.39, 0.29) is 36.4 Å².